The maximum atomic E-state index is 5.22. The van der Waals surface area contributed by atoms with Crippen LogP contribution in [0.5, 0.6) is 0 Å². The Kier molecular flexibility index (Phi) is 12.9. The fourth-order valence-corrected chi connectivity index (χ4v) is 13.6. The molecule has 0 unspecified atom stereocenters. The van der Waals surface area contributed by atoms with E-state index in [2.05, 4.69) is 282 Å². The number of fused-ring (bicyclic) bond motifs is 12. The van der Waals surface area contributed by atoms with Crippen LogP contribution >= 0.6 is 0 Å². The Bertz CT molecular complexity index is 6090. The number of aromatic nitrogens is 11. The van der Waals surface area contributed by atoms with Crippen LogP contribution in [0, 0.1) is 0 Å². The number of hydrogen-bond acceptors (Lipinski definition) is 7. The highest BCUT2D eigenvalue weighted by Gasteiger charge is 2.22. The molecule has 0 N–H and O–H groups in total. The van der Waals surface area contributed by atoms with Crippen LogP contribution in [0.4, 0.5) is 0 Å². The molecule has 0 aliphatic heterocycles. The van der Waals surface area contributed by atoms with E-state index in [4.69, 9.17) is 19.9 Å². The zero-order chi connectivity index (χ0) is 62.1. The molecule has 0 aliphatic rings. The van der Waals surface area contributed by atoms with E-state index in [0.717, 1.165) is 100 Å². The Hall–Kier alpha value is -13.0. The van der Waals surface area contributed by atoms with Gasteiger partial charge in [-0.15, -0.1) is 0 Å². The zero-order valence-electron chi connectivity index (χ0n) is 50.5. The summed E-state index contributed by atoms with van der Waals surface area (Å²) in [4.78, 5) is 33.9. The molecule has 0 radical (unpaired) electrons. The van der Waals surface area contributed by atoms with E-state index in [-0.39, 0.29) is 0 Å². The summed E-state index contributed by atoms with van der Waals surface area (Å²) in [5.74, 6) is 2.05. The minimum atomic E-state index is 0.673. The molecule has 0 bridgehead atoms. The molecule has 19 rings (SSSR count). The van der Waals surface area contributed by atoms with Crippen LogP contribution in [0.25, 0.3) is 167 Å². The first-order chi connectivity index (χ1) is 46.6. The third kappa shape index (κ3) is 9.17. The van der Waals surface area contributed by atoms with Crippen LogP contribution in [0.2, 0.25) is 0 Å². The summed E-state index contributed by atoms with van der Waals surface area (Å²) in [6.07, 6.45) is 9.66. The Morgan fingerprint density at radius 3 is 1.21 bits per heavy atom. The minimum Gasteiger partial charge on any atom is -0.316 e. The lowest BCUT2D eigenvalue weighted by Crippen LogP contribution is -1.98. The molecule has 94 heavy (non-hydrogen) atoms. The van der Waals surface area contributed by atoms with E-state index in [1.54, 1.807) is 18.6 Å². The van der Waals surface area contributed by atoms with Crippen molar-refractivity contribution in [3.05, 3.63) is 322 Å². The van der Waals surface area contributed by atoms with Gasteiger partial charge in [0.25, 0.3) is 0 Å². The molecule has 0 fully saturated rings. The van der Waals surface area contributed by atoms with E-state index in [1.165, 1.54) is 48.9 Å². The smallest absolute Gasteiger partial charge is 0.160 e. The van der Waals surface area contributed by atoms with Crippen LogP contribution < -0.4 is 0 Å². The van der Waals surface area contributed by atoms with Gasteiger partial charge < -0.3 is 18.3 Å². The maximum absolute atomic E-state index is 5.22. The van der Waals surface area contributed by atoms with Crippen LogP contribution in [0.1, 0.15) is 0 Å². The van der Waals surface area contributed by atoms with Crippen molar-refractivity contribution in [1.82, 2.24) is 53.2 Å². The monoisotopic (exact) mass is 1200 g/mol. The summed E-state index contributed by atoms with van der Waals surface area (Å²) in [5.41, 5.74) is 19.6. The fraction of sp³-hybridized carbons (Fsp3) is 0. The first kappa shape index (κ1) is 54.0. The number of hydrogen-bond donors (Lipinski definition) is 0. The Labute approximate surface area is 539 Å². The van der Waals surface area contributed by atoms with Gasteiger partial charge in [-0.3, -0.25) is 4.98 Å². The third-order valence-corrected chi connectivity index (χ3v) is 17.9. The van der Waals surface area contributed by atoms with E-state index in [9.17, 15) is 0 Å². The molecule has 0 atom stereocenters. The Morgan fingerprint density at radius 1 is 0.234 bits per heavy atom. The van der Waals surface area contributed by atoms with Gasteiger partial charge in [0.1, 0.15) is 5.69 Å². The lowest BCUT2D eigenvalue weighted by atomic mass is 10.0. The Morgan fingerprint density at radius 2 is 0.681 bits per heavy atom. The first-order valence-electron chi connectivity index (χ1n) is 31.4. The van der Waals surface area contributed by atoms with Gasteiger partial charge in [0.05, 0.1) is 55.5 Å². The van der Waals surface area contributed by atoms with Crippen molar-refractivity contribution < 1.29 is 0 Å². The number of pyridine rings is 1. The highest BCUT2D eigenvalue weighted by molar-refractivity contribution is 6.20. The molecule has 440 valence electrons. The van der Waals surface area contributed by atoms with E-state index >= 15 is 0 Å². The average molecular weight is 1200 g/mol. The summed E-state index contributed by atoms with van der Waals surface area (Å²) >= 11 is 0. The fourth-order valence-electron chi connectivity index (χ4n) is 13.6. The largest absolute Gasteiger partial charge is 0.316 e. The molecule has 19 aromatic rings. The molecule has 8 heterocycles. The van der Waals surface area contributed by atoms with Gasteiger partial charge in [-0.2, -0.15) is 0 Å². The van der Waals surface area contributed by atoms with Gasteiger partial charge in [0.2, 0.25) is 0 Å². The van der Waals surface area contributed by atoms with Crippen molar-refractivity contribution in [3.8, 4) is 79.6 Å². The summed E-state index contributed by atoms with van der Waals surface area (Å²) in [7, 11) is 0. The van der Waals surface area contributed by atoms with Gasteiger partial charge in [0.15, 0.2) is 17.5 Å². The SMILES string of the molecule is c1ccc(-n2ccc3c2ccc2c4ccccc4n(-c4cccc(-c5nc(-c6ccc(-c7ncccn7)cc6)c6ccccc6n5)c4)c23)cc1.c1ccc(-n2ccc3c2ccc2c4ccccc4n(-c4cccc(-c5nc(-c6ccccn6)c6ccccc6n5)c4)c23)cc1. The molecule has 0 saturated heterocycles. The standard InChI is InChI=1S/C44H28N6.C39H25N5/c1-2-11-32(12-3-1)49-27-24-37-39(49)23-22-35-34-14-5-7-17-40(34)50(42(35)37)33-13-8-10-31(28-33)44-47-38-16-6-4-15-36(38)41(48-44)29-18-20-30(21-19-29)43-45-25-9-26-46-43;1-2-12-27(13-3-1)43-24-22-32-35(43)21-20-30-29-15-5-7-19-36(29)44(38(30)32)28-14-10-11-26(25-28)39-41-33-17-6-4-16-31(33)37(42-39)34-18-8-9-23-40-34/h1-28H;1-25H. The second-order valence-electron chi connectivity index (χ2n) is 23.3. The second-order valence-corrected chi connectivity index (χ2v) is 23.3. The van der Waals surface area contributed by atoms with Crippen molar-refractivity contribution in [3.63, 3.8) is 0 Å². The number of rotatable bonds is 9. The van der Waals surface area contributed by atoms with Crippen LogP contribution in [-0.4, -0.2) is 53.2 Å². The molecular formula is C83H53N11. The average Bonchev–Trinajstić information content (AvgIpc) is 1.57. The summed E-state index contributed by atoms with van der Waals surface area (Å²) in [6, 6.07) is 101. The van der Waals surface area contributed by atoms with Crippen LogP contribution in [0.15, 0.2) is 322 Å². The summed E-state index contributed by atoms with van der Waals surface area (Å²) in [5, 5.41) is 9.27. The molecule has 11 aromatic carbocycles. The minimum absolute atomic E-state index is 0.673. The van der Waals surface area contributed by atoms with Crippen molar-refractivity contribution >= 4 is 87.2 Å². The predicted molar refractivity (Wildman–Crippen MR) is 382 cm³/mol. The molecule has 0 saturated carbocycles. The van der Waals surface area contributed by atoms with Crippen LogP contribution in [-0.2, 0) is 0 Å². The predicted octanol–water partition coefficient (Wildman–Crippen LogP) is 19.9. The number of benzene rings is 11. The van der Waals surface area contributed by atoms with E-state index in [1.807, 2.05) is 54.6 Å². The highest BCUT2D eigenvalue weighted by Crippen LogP contribution is 2.41. The molecule has 0 aliphatic carbocycles. The van der Waals surface area contributed by atoms with Gasteiger partial charge >= 0.3 is 0 Å². The normalized spacial score (nSPS) is 11.6. The molecule has 0 spiro atoms. The van der Waals surface area contributed by atoms with E-state index in [0.29, 0.717) is 17.5 Å². The topological polar surface area (TPSA) is 110 Å². The lowest BCUT2D eigenvalue weighted by molar-refractivity contribution is 1.13. The van der Waals surface area contributed by atoms with Crippen molar-refractivity contribution in [2.24, 2.45) is 0 Å². The summed E-state index contributed by atoms with van der Waals surface area (Å²) < 4.78 is 9.29. The molecule has 11 heteroatoms. The van der Waals surface area contributed by atoms with Gasteiger partial charge in [-0.05, 0) is 115 Å². The first-order valence-corrected chi connectivity index (χ1v) is 31.4. The van der Waals surface area contributed by atoms with Gasteiger partial charge in [0, 0.05) is 119 Å². The van der Waals surface area contributed by atoms with Crippen LogP contribution in [0.3, 0.4) is 0 Å². The van der Waals surface area contributed by atoms with Gasteiger partial charge in [-0.1, -0.05) is 176 Å². The van der Waals surface area contributed by atoms with Gasteiger partial charge in [-0.25, -0.2) is 29.9 Å². The van der Waals surface area contributed by atoms with Crippen molar-refractivity contribution in [1.29, 1.82) is 0 Å². The molecule has 0 amide bonds. The van der Waals surface area contributed by atoms with Crippen molar-refractivity contribution in [2.45, 2.75) is 0 Å². The Balaban J connectivity index is 0.000000139. The number of nitrogens with zero attached hydrogens (tertiary/aromatic N) is 11. The summed E-state index contributed by atoms with van der Waals surface area (Å²) in [6.45, 7) is 0. The zero-order valence-corrected chi connectivity index (χ0v) is 50.5. The second kappa shape index (κ2) is 22.5. The van der Waals surface area contributed by atoms with E-state index < -0.39 is 0 Å². The molecule has 8 aromatic heterocycles. The van der Waals surface area contributed by atoms with Crippen molar-refractivity contribution in [2.75, 3.05) is 0 Å². The lowest BCUT2D eigenvalue weighted by Gasteiger charge is -2.13. The number of para-hydroxylation sites is 6. The quantitative estimate of drug-likeness (QED) is 0.142. The highest BCUT2D eigenvalue weighted by atomic mass is 15.0. The third-order valence-electron chi connectivity index (χ3n) is 17.9. The maximum Gasteiger partial charge on any atom is 0.160 e. The molecule has 11 nitrogen and oxygen atoms in total. The molecular weight excluding hydrogens is 1150 g/mol.